The third kappa shape index (κ3) is 3.23. The van der Waals surface area contributed by atoms with Crippen LogP contribution < -0.4 is 9.64 Å². The maximum atomic E-state index is 13.0. The van der Waals surface area contributed by atoms with Gasteiger partial charge in [-0.15, -0.1) is 0 Å². The van der Waals surface area contributed by atoms with Crippen molar-refractivity contribution >= 4 is 33.4 Å². The van der Waals surface area contributed by atoms with Crippen LogP contribution >= 0.6 is 15.9 Å². The van der Waals surface area contributed by atoms with Crippen molar-refractivity contribution in [2.45, 2.75) is 25.4 Å². The van der Waals surface area contributed by atoms with Gasteiger partial charge in [-0.2, -0.15) is 0 Å². The first-order chi connectivity index (χ1) is 12.6. The quantitative estimate of drug-likeness (QED) is 0.748. The van der Waals surface area contributed by atoms with Crippen molar-refractivity contribution in [3.63, 3.8) is 0 Å². The zero-order valence-electron chi connectivity index (χ0n) is 14.2. The van der Waals surface area contributed by atoms with E-state index >= 15 is 0 Å². The molecule has 0 unspecified atom stereocenters. The van der Waals surface area contributed by atoms with Gasteiger partial charge in [0.15, 0.2) is 16.5 Å². The second kappa shape index (κ2) is 7.15. The minimum absolute atomic E-state index is 0.0578. The summed E-state index contributed by atoms with van der Waals surface area (Å²) >= 11 is 3.22. The van der Waals surface area contributed by atoms with Gasteiger partial charge in [-0.25, -0.2) is 0 Å². The average molecular weight is 419 g/mol. The summed E-state index contributed by atoms with van der Waals surface area (Å²) in [4.78, 5) is 29.3. The van der Waals surface area contributed by atoms with Crippen molar-refractivity contribution in [2.75, 3.05) is 24.5 Å². The normalized spacial score (nSPS) is 19.7. The van der Waals surface area contributed by atoms with Crippen molar-refractivity contribution in [1.29, 1.82) is 0 Å². The number of carbonyl (C=O) groups excluding carboxylic acids is 2. The molecule has 0 saturated carbocycles. The molecule has 1 aromatic carbocycles. The zero-order chi connectivity index (χ0) is 18.1. The number of furan rings is 1. The Hall–Kier alpha value is -2.28. The van der Waals surface area contributed by atoms with Crippen LogP contribution in [0.4, 0.5) is 5.69 Å². The van der Waals surface area contributed by atoms with E-state index < -0.39 is 6.10 Å². The number of hydrogen-bond donors (Lipinski definition) is 0. The minimum atomic E-state index is -0.703. The van der Waals surface area contributed by atoms with Gasteiger partial charge in [0, 0.05) is 13.1 Å². The van der Waals surface area contributed by atoms with E-state index in [2.05, 4.69) is 15.9 Å². The molecule has 2 amide bonds. The molecule has 136 valence electrons. The van der Waals surface area contributed by atoms with Crippen LogP contribution in [-0.4, -0.2) is 42.5 Å². The van der Waals surface area contributed by atoms with E-state index in [9.17, 15) is 9.59 Å². The third-order valence-electron chi connectivity index (χ3n) is 4.75. The lowest BCUT2D eigenvalue weighted by molar-refractivity contribution is -0.139. The number of likely N-dealkylation sites (tertiary alicyclic amines) is 1. The van der Waals surface area contributed by atoms with Gasteiger partial charge in [0.1, 0.15) is 5.75 Å². The topological polar surface area (TPSA) is 63.0 Å². The Labute approximate surface area is 159 Å². The highest BCUT2D eigenvalue weighted by molar-refractivity contribution is 9.10. The molecule has 1 fully saturated rings. The Morgan fingerprint density at radius 2 is 1.81 bits per heavy atom. The van der Waals surface area contributed by atoms with Crippen LogP contribution in [-0.2, 0) is 4.79 Å². The van der Waals surface area contributed by atoms with Crippen LogP contribution in [0, 0.1) is 0 Å². The molecule has 26 heavy (non-hydrogen) atoms. The van der Waals surface area contributed by atoms with E-state index in [0.717, 1.165) is 32.4 Å². The molecule has 6 nitrogen and oxygen atoms in total. The van der Waals surface area contributed by atoms with Gasteiger partial charge in [-0.3, -0.25) is 14.5 Å². The van der Waals surface area contributed by atoms with E-state index in [4.69, 9.17) is 9.15 Å². The number of ether oxygens (including phenoxy) is 1. The van der Waals surface area contributed by atoms with Crippen molar-refractivity contribution < 1.29 is 18.7 Å². The Balaban J connectivity index is 1.62. The molecule has 1 saturated heterocycles. The van der Waals surface area contributed by atoms with Gasteiger partial charge in [0.25, 0.3) is 11.8 Å². The second-order valence-electron chi connectivity index (χ2n) is 6.48. The number of carbonyl (C=O) groups is 2. The van der Waals surface area contributed by atoms with Gasteiger partial charge >= 0.3 is 0 Å². The lowest BCUT2D eigenvalue weighted by Crippen LogP contribution is -2.52. The Morgan fingerprint density at radius 3 is 2.54 bits per heavy atom. The molecule has 0 radical (unpaired) electrons. The second-order valence-corrected chi connectivity index (χ2v) is 7.26. The first kappa shape index (κ1) is 17.1. The standard InChI is InChI=1S/C19H19BrN2O4/c20-17-9-8-15(26-17)19(24)22-12-16(18(23)21-10-4-1-5-11-21)25-14-7-3-2-6-13(14)22/h2-3,6-9,16H,1,4-5,10-12H2/t16-/m1/s1. The fourth-order valence-corrected chi connectivity index (χ4v) is 3.74. The van der Waals surface area contributed by atoms with E-state index in [0.29, 0.717) is 16.1 Å². The number of rotatable bonds is 2. The molecule has 0 aliphatic carbocycles. The molecule has 2 aromatic rings. The van der Waals surface area contributed by atoms with E-state index in [1.807, 2.05) is 23.1 Å². The van der Waals surface area contributed by atoms with Crippen molar-refractivity contribution in [3.8, 4) is 5.75 Å². The van der Waals surface area contributed by atoms with Gasteiger partial charge in [-0.05, 0) is 59.5 Å². The van der Waals surface area contributed by atoms with Gasteiger partial charge < -0.3 is 14.1 Å². The highest BCUT2D eigenvalue weighted by Crippen LogP contribution is 2.35. The molecule has 0 spiro atoms. The number of amides is 2. The van der Waals surface area contributed by atoms with E-state index in [1.54, 1.807) is 23.1 Å². The summed E-state index contributed by atoms with van der Waals surface area (Å²) in [5, 5.41) is 0. The molecule has 0 N–H and O–H groups in total. The van der Waals surface area contributed by atoms with Crippen molar-refractivity contribution in [1.82, 2.24) is 4.90 Å². The van der Waals surface area contributed by atoms with Crippen LogP contribution in [0.1, 0.15) is 29.8 Å². The third-order valence-corrected chi connectivity index (χ3v) is 5.17. The van der Waals surface area contributed by atoms with Crippen LogP contribution in [0.2, 0.25) is 0 Å². The largest absolute Gasteiger partial charge is 0.476 e. The number of fused-ring (bicyclic) bond motifs is 1. The first-order valence-corrected chi connectivity index (χ1v) is 9.54. The van der Waals surface area contributed by atoms with Gasteiger partial charge in [-0.1, -0.05) is 12.1 Å². The highest BCUT2D eigenvalue weighted by atomic mass is 79.9. The summed E-state index contributed by atoms with van der Waals surface area (Å²) in [6.07, 6.45) is 2.47. The number of nitrogens with zero attached hydrogens (tertiary/aromatic N) is 2. The summed E-state index contributed by atoms with van der Waals surface area (Å²) < 4.78 is 11.8. The molecule has 3 heterocycles. The number of para-hydroxylation sites is 2. The molecular formula is C19H19BrN2O4. The highest BCUT2D eigenvalue weighted by Gasteiger charge is 2.37. The van der Waals surface area contributed by atoms with Crippen molar-refractivity contribution in [2.24, 2.45) is 0 Å². The smallest absolute Gasteiger partial charge is 0.294 e. The van der Waals surface area contributed by atoms with Crippen LogP contribution in [0.15, 0.2) is 45.5 Å². The summed E-state index contributed by atoms with van der Waals surface area (Å²) in [5.41, 5.74) is 0.646. The molecule has 4 rings (SSSR count). The predicted octanol–water partition coefficient (Wildman–Crippen LogP) is 3.46. The molecule has 2 aliphatic rings. The zero-order valence-corrected chi connectivity index (χ0v) is 15.8. The molecule has 0 bridgehead atoms. The van der Waals surface area contributed by atoms with E-state index in [1.165, 1.54) is 0 Å². The fourth-order valence-electron chi connectivity index (χ4n) is 3.44. The number of piperidine rings is 1. The lowest BCUT2D eigenvalue weighted by Gasteiger charge is -2.37. The van der Waals surface area contributed by atoms with Crippen LogP contribution in [0.25, 0.3) is 0 Å². The van der Waals surface area contributed by atoms with Crippen LogP contribution in [0.5, 0.6) is 5.75 Å². The summed E-state index contributed by atoms with van der Waals surface area (Å²) in [7, 11) is 0. The number of anilines is 1. The van der Waals surface area contributed by atoms with Crippen molar-refractivity contribution in [3.05, 3.63) is 46.8 Å². The number of hydrogen-bond acceptors (Lipinski definition) is 4. The molecule has 1 atom stereocenters. The molecule has 1 aromatic heterocycles. The number of benzene rings is 1. The molecule has 2 aliphatic heterocycles. The minimum Gasteiger partial charge on any atom is -0.476 e. The SMILES string of the molecule is O=C([C@H]1CN(C(=O)c2ccc(Br)o2)c2ccccc2O1)N1CCCCC1. The van der Waals surface area contributed by atoms with E-state index in [-0.39, 0.29) is 24.1 Å². The predicted molar refractivity (Wildman–Crippen MR) is 99.4 cm³/mol. The summed E-state index contributed by atoms with van der Waals surface area (Å²) in [6, 6.07) is 10.6. The summed E-state index contributed by atoms with van der Waals surface area (Å²) in [5.74, 6) is 0.409. The maximum absolute atomic E-state index is 13.0. The monoisotopic (exact) mass is 418 g/mol. The number of halogens is 1. The maximum Gasteiger partial charge on any atom is 0.294 e. The summed E-state index contributed by atoms with van der Waals surface area (Å²) in [6.45, 7) is 1.67. The van der Waals surface area contributed by atoms with Gasteiger partial charge in [0.2, 0.25) is 0 Å². The lowest BCUT2D eigenvalue weighted by atomic mass is 10.1. The Morgan fingerprint density at radius 1 is 1.04 bits per heavy atom. The molecular weight excluding hydrogens is 400 g/mol. The fraction of sp³-hybridized carbons (Fsp3) is 0.368. The first-order valence-electron chi connectivity index (χ1n) is 8.75. The average Bonchev–Trinajstić information content (AvgIpc) is 3.13. The Bertz CT molecular complexity index is 828. The van der Waals surface area contributed by atoms with Crippen LogP contribution in [0.3, 0.4) is 0 Å². The van der Waals surface area contributed by atoms with Gasteiger partial charge in [0.05, 0.1) is 12.2 Å². The Kier molecular flexibility index (Phi) is 4.72. The molecule has 7 heteroatoms.